The van der Waals surface area contributed by atoms with E-state index in [9.17, 15) is 9.59 Å². The van der Waals surface area contributed by atoms with Crippen LogP contribution in [-0.4, -0.2) is 39.9 Å². The first-order chi connectivity index (χ1) is 8.54. The van der Waals surface area contributed by atoms with Crippen LogP contribution in [0, 0.1) is 12.3 Å². The van der Waals surface area contributed by atoms with E-state index in [1.54, 1.807) is 7.05 Å². The van der Waals surface area contributed by atoms with E-state index in [0.717, 1.165) is 0 Å². The lowest BCUT2D eigenvalue weighted by atomic mass is 10.1. The number of carboxylic acid groups (broad SMARTS) is 1. The normalized spacial score (nSPS) is 11.6. The number of nitrogens with zero attached hydrogens (tertiary/aromatic N) is 2. The van der Waals surface area contributed by atoms with Crippen molar-refractivity contribution in [2.24, 2.45) is 7.05 Å². The van der Waals surface area contributed by atoms with Crippen molar-refractivity contribution >= 4 is 11.9 Å². The molecule has 0 saturated heterocycles. The van der Waals surface area contributed by atoms with Crippen molar-refractivity contribution in [1.29, 1.82) is 0 Å². The molecule has 7 heteroatoms. The fraction of sp³-hybridized carbons (Fsp3) is 0.364. The lowest BCUT2D eigenvalue weighted by Crippen LogP contribution is -2.39. The maximum atomic E-state index is 11.5. The van der Waals surface area contributed by atoms with Gasteiger partial charge in [0.15, 0.2) is 6.04 Å². The summed E-state index contributed by atoms with van der Waals surface area (Å²) in [5.41, 5.74) is 0.412. The van der Waals surface area contributed by atoms with Crippen molar-refractivity contribution in [2.75, 3.05) is 13.1 Å². The molecule has 0 radical (unpaired) electrons. The monoisotopic (exact) mass is 250 g/mol. The molecule has 0 bridgehead atoms. The number of aliphatic carboxylic acids is 1. The number of hydrogen-bond acceptors (Lipinski definition) is 4. The summed E-state index contributed by atoms with van der Waals surface area (Å²) in [5.74, 6) is 0.725. The topological polar surface area (TPSA) is 96.2 Å². The van der Waals surface area contributed by atoms with Gasteiger partial charge in [-0.25, -0.2) is 4.79 Å². The van der Waals surface area contributed by atoms with Gasteiger partial charge in [0, 0.05) is 18.8 Å². The molecule has 1 aromatic rings. The first-order valence-electron chi connectivity index (χ1n) is 5.19. The van der Waals surface area contributed by atoms with Crippen LogP contribution in [0.2, 0.25) is 0 Å². The second kappa shape index (κ2) is 6.42. The highest BCUT2D eigenvalue weighted by Crippen LogP contribution is 2.11. The minimum Gasteiger partial charge on any atom is -0.479 e. The Bertz CT molecular complexity index is 475. The number of hydrogen-bond donors (Lipinski definition) is 3. The molecule has 0 saturated carbocycles. The summed E-state index contributed by atoms with van der Waals surface area (Å²) in [6.45, 7) is 0.215. The van der Waals surface area contributed by atoms with E-state index < -0.39 is 17.9 Å². The first kappa shape index (κ1) is 13.7. The van der Waals surface area contributed by atoms with Crippen LogP contribution < -0.4 is 10.6 Å². The Morgan fingerprint density at radius 2 is 2.39 bits per heavy atom. The number of carboxylic acids is 1. The largest absolute Gasteiger partial charge is 0.479 e. The molecule has 1 atom stereocenters. The SMILES string of the molecule is C#CCNCC(=O)NC(C(=O)O)c1cnn(C)c1. The third kappa shape index (κ3) is 3.92. The molecule has 1 heterocycles. The summed E-state index contributed by atoms with van der Waals surface area (Å²) in [5, 5.41) is 18.0. The van der Waals surface area contributed by atoms with Gasteiger partial charge in [-0.15, -0.1) is 6.42 Å². The Balaban J connectivity index is 2.62. The highest BCUT2D eigenvalue weighted by molar-refractivity contribution is 5.85. The molecule has 7 nitrogen and oxygen atoms in total. The van der Waals surface area contributed by atoms with Gasteiger partial charge in [0.25, 0.3) is 0 Å². The van der Waals surface area contributed by atoms with Crippen LogP contribution in [0.1, 0.15) is 11.6 Å². The van der Waals surface area contributed by atoms with Gasteiger partial charge in [-0.3, -0.25) is 14.8 Å². The molecule has 0 aliphatic rings. The van der Waals surface area contributed by atoms with Crippen molar-refractivity contribution in [3.05, 3.63) is 18.0 Å². The molecule has 1 unspecified atom stereocenters. The van der Waals surface area contributed by atoms with Gasteiger partial charge < -0.3 is 10.4 Å². The number of aromatic nitrogens is 2. The van der Waals surface area contributed by atoms with Gasteiger partial charge in [-0.05, 0) is 0 Å². The second-order valence-corrected chi connectivity index (χ2v) is 3.59. The first-order valence-corrected chi connectivity index (χ1v) is 5.19. The summed E-state index contributed by atoms with van der Waals surface area (Å²) in [4.78, 5) is 22.6. The van der Waals surface area contributed by atoms with Crippen molar-refractivity contribution in [1.82, 2.24) is 20.4 Å². The molecule has 0 spiro atoms. The van der Waals surface area contributed by atoms with E-state index in [0.29, 0.717) is 5.56 Å². The van der Waals surface area contributed by atoms with E-state index in [4.69, 9.17) is 11.5 Å². The summed E-state index contributed by atoms with van der Waals surface area (Å²) >= 11 is 0. The average Bonchev–Trinajstić information content (AvgIpc) is 2.72. The van der Waals surface area contributed by atoms with E-state index in [2.05, 4.69) is 21.7 Å². The number of carbonyl (C=O) groups is 2. The summed E-state index contributed by atoms with van der Waals surface area (Å²) < 4.78 is 1.47. The van der Waals surface area contributed by atoms with Crippen molar-refractivity contribution < 1.29 is 14.7 Å². The highest BCUT2D eigenvalue weighted by Gasteiger charge is 2.22. The molecule has 0 fully saturated rings. The van der Waals surface area contributed by atoms with Crippen molar-refractivity contribution in [2.45, 2.75) is 6.04 Å². The third-order valence-corrected chi connectivity index (χ3v) is 2.12. The fourth-order valence-electron chi connectivity index (χ4n) is 1.34. The Morgan fingerprint density at radius 3 is 2.89 bits per heavy atom. The van der Waals surface area contributed by atoms with Gasteiger partial charge in [0.2, 0.25) is 5.91 Å². The van der Waals surface area contributed by atoms with Gasteiger partial charge >= 0.3 is 5.97 Å². The molecule has 1 rings (SSSR count). The summed E-state index contributed by atoms with van der Waals surface area (Å²) in [6.07, 6.45) is 7.94. The number of aryl methyl sites for hydroxylation is 1. The van der Waals surface area contributed by atoms with Gasteiger partial charge in [0.05, 0.1) is 19.3 Å². The number of rotatable bonds is 6. The number of amides is 1. The van der Waals surface area contributed by atoms with Gasteiger partial charge in [0.1, 0.15) is 0 Å². The van der Waals surface area contributed by atoms with Crippen molar-refractivity contribution in [3.8, 4) is 12.3 Å². The second-order valence-electron chi connectivity index (χ2n) is 3.59. The molecule has 1 amide bonds. The number of terminal acetylenes is 1. The predicted octanol–water partition coefficient (Wildman–Crippen LogP) is -1.12. The smallest absolute Gasteiger partial charge is 0.331 e. The quantitative estimate of drug-likeness (QED) is 0.439. The summed E-state index contributed by atoms with van der Waals surface area (Å²) in [7, 11) is 1.67. The lowest BCUT2D eigenvalue weighted by molar-refractivity contribution is -0.141. The molecule has 18 heavy (non-hydrogen) atoms. The van der Waals surface area contributed by atoms with Crippen LogP contribution in [0.3, 0.4) is 0 Å². The third-order valence-electron chi connectivity index (χ3n) is 2.12. The minimum atomic E-state index is -1.15. The van der Waals surface area contributed by atoms with Crippen LogP contribution >= 0.6 is 0 Å². The van der Waals surface area contributed by atoms with Crippen LogP contribution in [0.25, 0.3) is 0 Å². The minimum absolute atomic E-state index is 0.0335. The molecule has 3 N–H and O–H groups in total. The van der Waals surface area contributed by atoms with Crippen LogP contribution in [0.4, 0.5) is 0 Å². The van der Waals surface area contributed by atoms with E-state index >= 15 is 0 Å². The fourth-order valence-corrected chi connectivity index (χ4v) is 1.34. The Kier molecular flexibility index (Phi) is 4.90. The standard InChI is InChI=1S/C11H14N4O3/c1-3-4-12-6-9(16)14-10(11(17)18)8-5-13-15(2)7-8/h1,5,7,10,12H,4,6H2,2H3,(H,14,16)(H,17,18). The summed E-state index contributed by atoms with van der Waals surface area (Å²) in [6, 6.07) is -1.11. The zero-order valence-corrected chi connectivity index (χ0v) is 9.88. The lowest BCUT2D eigenvalue weighted by Gasteiger charge is -2.12. The molecule has 0 aliphatic carbocycles. The molecule has 1 aromatic heterocycles. The predicted molar refractivity (Wildman–Crippen MR) is 63.4 cm³/mol. The van der Waals surface area contributed by atoms with E-state index in [1.165, 1.54) is 17.1 Å². The zero-order chi connectivity index (χ0) is 13.5. The zero-order valence-electron chi connectivity index (χ0n) is 9.88. The van der Waals surface area contributed by atoms with Crippen LogP contribution in [0.5, 0.6) is 0 Å². The van der Waals surface area contributed by atoms with Crippen molar-refractivity contribution in [3.63, 3.8) is 0 Å². The molecular formula is C11H14N4O3. The van der Waals surface area contributed by atoms with Gasteiger partial charge in [-0.2, -0.15) is 5.10 Å². The molecule has 96 valence electrons. The number of nitrogens with one attached hydrogen (secondary N) is 2. The van der Waals surface area contributed by atoms with Gasteiger partial charge in [-0.1, -0.05) is 5.92 Å². The Hall–Kier alpha value is -2.33. The number of carbonyl (C=O) groups excluding carboxylic acids is 1. The molecule has 0 aromatic carbocycles. The Morgan fingerprint density at radius 1 is 1.67 bits per heavy atom. The Labute approximate surface area is 104 Å². The van der Waals surface area contributed by atoms with E-state index in [1.807, 2.05) is 0 Å². The van der Waals surface area contributed by atoms with Crippen LogP contribution in [0.15, 0.2) is 12.4 Å². The van der Waals surface area contributed by atoms with E-state index in [-0.39, 0.29) is 13.1 Å². The maximum absolute atomic E-state index is 11.5. The maximum Gasteiger partial charge on any atom is 0.331 e. The molecule has 0 aliphatic heterocycles. The highest BCUT2D eigenvalue weighted by atomic mass is 16.4. The average molecular weight is 250 g/mol. The molecular weight excluding hydrogens is 236 g/mol. The van der Waals surface area contributed by atoms with Crippen LogP contribution in [-0.2, 0) is 16.6 Å².